The molecule has 0 aliphatic heterocycles. The van der Waals surface area contributed by atoms with E-state index in [0.29, 0.717) is 17.0 Å². The first-order valence-corrected chi connectivity index (χ1v) is 9.74. The van der Waals surface area contributed by atoms with Gasteiger partial charge in [-0.25, -0.2) is 9.82 Å². The van der Waals surface area contributed by atoms with Gasteiger partial charge in [-0.05, 0) is 65.6 Å². The minimum absolute atomic E-state index is 0.248. The second-order valence-corrected chi connectivity index (χ2v) is 6.65. The molecular formula is C24H22FN3O3. The van der Waals surface area contributed by atoms with Crippen LogP contribution in [0, 0.1) is 5.82 Å². The number of benzene rings is 3. The Bertz CT molecular complexity index is 1080. The average molecular weight is 419 g/mol. The zero-order valence-electron chi connectivity index (χ0n) is 17.0. The number of amides is 2. The van der Waals surface area contributed by atoms with Crippen LogP contribution in [0.5, 0.6) is 5.75 Å². The lowest BCUT2D eigenvalue weighted by molar-refractivity contribution is -0.136. The Hall–Kier alpha value is -4.00. The van der Waals surface area contributed by atoms with Crippen LogP contribution >= 0.6 is 0 Å². The lowest BCUT2D eigenvalue weighted by atomic mass is 10.1. The second-order valence-electron chi connectivity index (χ2n) is 6.65. The zero-order valence-corrected chi connectivity index (χ0v) is 17.0. The van der Waals surface area contributed by atoms with Crippen molar-refractivity contribution in [3.63, 3.8) is 0 Å². The summed E-state index contributed by atoms with van der Waals surface area (Å²) >= 11 is 0. The van der Waals surface area contributed by atoms with Gasteiger partial charge in [0.25, 0.3) is 0 Å². The molecule has 0 aromatic heterocycles. The Morgan fingerprint density at radius 2 is 1.77 bits per heavy atom. The van der Waals surface area contributed by atoms with Gasteiger partial charge in [0.05, 0.1) is 6.21 Å². The van der Waals surface area contributed by atoms with Crippen molar-refractivity contribution < 1.29 is 18.7 Å². The van der Waals surface area contributed by atoms with E-state index in [2.05, 4.69) is 15.8 Å². The van der Waals surface area contributed by atoms with E-state index >= 15 is 0 Å². The van der Waals surface area contributed by atoms with E-state index in [1.165, 1.54) is 18.3 Å². The second kappa shape index (κ2) is 10.7. The predicted molar refractivity (Wildman–Crippen MR) is 117 cm³/mol. The number of para-hydroxylation sites is 1. The number of nitrogens with one attached hydrogen (secondary N) is 2. The van der Waals surface area contributed by atoms with Crippen LogP contribution in [-0.2, 0) is 22.6 Å². The van der Waals surface area contributed by atoms with Crippen LogP contribution in [0.1, 0.15) is 23.6 Å². The molecule has 3 aromatic rings. The van der Waals surface area contributed by atoms with Crippen LogP contribution in [-0.4, -0.2) is 18.0 Å². The number of carbonyl (C=O) groups excluding carboxylic acids is 2. The van der Waals surface area contributed by atoms with E-state index in [1.54, 1.807) is 48.5 Å². The van der Waals surface area contributed by atoms with Crippen LogP contribution < -0.4 is 15.5 Å². The summed E-state index contributed by atoms with van der Waals surface area (Å²) in [6.07, 6.45) is 2.15. The highest BCUT2D eigenvalue weighted by Crippen LogP contribution is 2.15. The molecule has 0 radical (unpaired) electrons. The molecule has 0 aliphatic carbocycles. The highest BCUT2D eigenvalue weighted by atomic mass is 19.1. The molecule has 0 saturated carbocycles. The van der Waals surface area contributed by atoms with E-state index in [1.807, 2.05) is 19.1 Å². The molecule has 7 heteroatoms. The number of anilines is 1. The molecule has 31 heavy (non-hydrogen) atoms. The molecule has 0 heterocycles. The number of nitrogens with zero attached hydrogens (tertiary/aromatic N) is 1. The smallest absolute Gasteiger partial charge is 0.329 e. The summed E-state index contributed by atoms with van der Waals surface area (Å²) in [4.78, 5) is 24.0. The van der Waals surface area contributed by atoms with Crippen molar-refractivity contribution >= 4 is 23.7 Å². The number of carbonyl (C=O) groups is 2. The number of hydrogen-bond acceptors (Lipinski definition) is 4. The fourth-order valence-corrected chi connectivity index (χ4v) is 2.79. The molecule has 0 fully saturated rings. The maximum atomic E-state index is 13.2. The molecule has 0 bridgehead atoms. The van der Waals surface area contributed by atoms with Crippen molar-refractivity contribution in [3.05, 3.63) is 95.3 Å². The van der Waals surface area contributed by atoms with Gasteiger partial charge in [-0.2, -0.15) is 5.10 Å². The van der Waals surface area contributed by atoms with Gasteiger partial charge in [0, 0.05) is 5.69 Å². The van der Waals surface area contributed by atoms with Crippen molar-refractivity contribution in [2.45, 2.75) is 20.0 Å². The molecule has 0 spiro atoms. The minimum atomic E-state index is -0.864. The molecule has 2 amide bonds. The molecule has 3 aromatic carbocycles. The lowest BCUT2D eigenvalue weighted by Gasteiger charge is -2.08. The molecule has 0 saturated heterocycles. The summed E-state index contributed by atoms with van der Waals surface area (Å²) < 4.78 is 18.8. The van der Waals surface area contributed by atoms with E-state index < -0.39 is 11.8 Å². The number of hydrazone groups is 1. The third-order valence-electron chi connectivity index (χ3n) is 4.41. The van der Waals surface area contributed by atoms with Crippen LogP contribution in [0.15, 0.2) is 77.9 Å². The quantitative estimate of drug-likeness (QED) is 0.344. The van der Waals surface area contributed by atoms with Crippen LogP contribution in [0.25, 0.3) is 0 Å². The molecule has 0 atom stereocenters. The maximum absolute atomic E-state index is 13.2. The Labute approximate surface area is 179 Å². The Kier molecular flexibility index (Phi) is 7.48. The van der Waals surface area contributed by atoms with Gasteiger partial charge in [-0.15, -0.1) is 0 Å². The molecule has 0 aliphatic rings. The maximum Gasteiger partial charge on any atom is 0.329 e. The third kappa shape index (κ3) is 6.50. The zero-order chi connectivity index (χ0) is 22.1. The van der Waals surface area contributed by atoms with Gasteiger partial charge in [-0.1, -0.05) is 37.3 Å². The fraction of sp³-hybridized carbons (Fsp3) is 0.125. The Morgan fingerprint density at radius 1 is 1.00 bits per heavy atom. The van der Waals surface area contributed by atoms with E-state index in [4.69, 9.17) is 4.74 Å². The number of halogens is 1. The summed E-state index contributed by atoms with van der Waals surface area (Å²) in [7, 11) is 0. The first-order valence-electron chi connectivity index (χ1n) is 9.74. The summed E-state index contributed by atoms with van der Waals surface area (Å²) in [6, 6.07) is 20.4. The lowest BCUT2D eigenvalue weighted by Crippen LogP contribution is -2.32. The first-order chi connectivity index (χ1) is 15.0. The molecule has 158 valence electrons. The van der Waals surface area contributed by atoms with E-state index in [9.17, 15) is 14.0 Å². The monoisotopic (exact) mass is 419 g/mol. The highest BCUT2D eigenvalue weighted by molar-refractivity contribution is 6.39. The van der Waals surface area contributed by atoms with Gasteiger partial charge in [0.1, 0.15) is 18.2 Å². The predicted octanol–water partition coefficient (Wildman–Crippen LogP) is 4.06. The summed E-state index contributed by atoms with van der Waals surface area (Å²) in [5.74, 6) is -1.35. The van der Waals surface area contributed by atoms with Crippen LogP contribution in [0.2, 0.25) is 0 Å². The Balaban J connectivity index is 1.48. The molecule has 6 nitrogen and oxygen atoms in total. The van der Waals surface area contributed by atoms with Crippen LogP contribution in [0.4, 0.5) is 10.1 Å². The average Bonchev–Trinajstić information content (AvgIpc) is 2.79. The molecule has 2 N–H and O–H groups in total. The normalized spacial score (nSPS) is 10.6. The van der Waals surface area contributed by atoms with E-state index in [-0.39, 0.29) is 12.4 Å². The van der Waals surface area contributed by atoms with Gasteiger partial charge in [-0.3, -0.25) is 9.59 Å². The molecular weight excluding hydrogens is 397 g/mol. The Morgan fingerprint density at radius 3 is 2.52 bits per heavy atom. The number of aryl methyl sites for hydroxylation is 1. The van der Waals surface area contributed by atoms with Crippen molar-refractivity contribution in [2.24, 2.45) is 5.10 Å². The topological polar surface area (TPSA) is 79.8 Å². The number of hydrogen-bond donors (Lipinski definition) is 2. The van der Waals surface area contributed by atoms with E-state index in [0.717, 1.165) is 17.5 Å². The fourth-order valence-electron chi connectivity index (χ4n) is 2.79. The van der Waals surface area contributed by atoms with Gasteiger partial charge < -0.3 is 10.1 Å². The van der Waals surface area contributed by atoms with Gasteiger partial charge in [0.2, 0.25) is 0 Å². The highest BCUT2D eigenvalue weighted by Gasteiger charge is 2.14. The number of rotatable bonds is 7. The van der Waals surface area contributed by atoms with Crippen molar-refractivity contribution in [2.75, 3.05) is 5.32 Å². The van der Waals surface area contributed by atoms with Crippen molar-refractivity contribution in [3.8, 4) is 5.75 Å². The largest absolute Gasteiger partial charge is 0.489 e. The first kappa shape index (κ1) is 21.7. The standard InChI is InChI=1S/C24H22FN3O3/c1-2-19-7-3-4-9-22(19)27-23(29)24(30)28-26-15-17-10-12-21(13-11-17)31-16-18-6-5-8-20(25)14-18/h3-15H,2,16H2,1H3,(H,27,29)(H,28,30)/b26-15+. The van der Waals surface area contributed by atoms with Gasteiger partial charge in [0.15, 0.2) is 0 Å². The van der Waals surface area contributed by atoms with Crippen molar-refractivity contribution in [1.29, 1.82) is 0 Å². The molecule has 0 unspecified atom stereocenters. The molecule has 3 rings (SSSR count). The van der Waals surface area contributed by atoms with Gasteiger partial charge >= 0.3 is 11.8 Å². The SMILES string of the molecule is CCc1ccccc1NC(=O)C(=O)N/N=C/c1ccc(OCc2cccc(F)c2)cc1. The minimum Gasteiger partial charge on any atom is -0.489 e. The summed E-state index contributed by atoms with van der Waals surface area (Å²) in [5.41, 5.74) is 5.18. The summed E-state index contributed by atoms with van der Waals surface area (Å²) in [5, 5.41) is 6.40. The number of ether oxygens (including phenoxy) is 1. The summed E-state index contributed by atoms with van der Waals surface area (Å²) in [6.45, 7) is 2.21. The van der Waals surface area contributed by atoms with Crippen molar-refractivity contribution in [1.82, 2.24) is 5.43 Å². The third-order valence-corrected chi connectivity index (χ3v) is 4.41. The van der Waals surface area contributed by atoms with Crippen LogP contribution in [0.3, 0.4) is 0 Å².